The van der Waals surface area contributed by atoms with Crippen LogP contribution < -0.4 is 0 Å². The van der Waals surface area contributed by atoms with Gasteiger partial charge in [-0.3, -0.25) is 9.88 Å². The number of hydrogen-bond acceptors (Lipinski definition) is 2. The molecule has 2 atom stereocenters. The van der Waals surface area contributed by atoms with Crippen molar-refractivity contribution in [2.45, 2.75) is 19.4 Å². The third-order valence-electron chi connectivity index (χ3n) is 2.83. The summed E-state index contributed by atoms with van der Waals surface area (Å²) < 4.78 is 0. The zero-order chi connectivity index (χ0) is 9.26. The summed E-state index contributed by atoms with van der Waals surface area (Å²) in [5, 5.41) is 0. The van der Waals surface area contributed by atoms with Crippen LogP contribution in [0.15, 0.2) is 24.5 Å². The normalized spacial score (nSPS) is 29.4. The topological polar surface area (TPSA) is 16.1 Å². The molecule has 2 heteroatoms. The Bertz CT molecular complexity index is 271. The first-order valence-corrected chi connectivity index (χ1v) is 4.87. The quantitative estimate of drug-likeness (QED) is 0.651. The van der Waals surface area contributed by atoms with Gasteiger partial charge in [-0.25, -0.2) is 0 Å². The van der Waals surface area contributed by atoms with Gasteiger partial charge < -0.3 is 0 Å². The Morgan fingerprint density at radius 2 is 2.38 bits per heavy atom. The van der Waals surface area contributed by atoms with E-state index in [1.54, 1.807) is 0 Å². The minimum atomic E-state index is 0.587. The number of rotatable bonds is 1. The van der Waals surface area contributed by atoms with Crippen LogP contribution in [0, 0.1) is 5.92 Å². The third kappa shape index (κ3) is 1.73. The van der Waals surface area contributed by atoms with Crippen LogP contribution in [0.3, 0.4) is 0 Å². The molecule has 70 valence electrons. The summed E-state index contributed by atoms with van der Waals surface area (Å²) >= 11 is 0. The molecule has 0 radical (unpaired) electrons. The van der Waals surface area contributed by atoms with Gasteiger partial charge in [0.25, 0.3) is 0 Å². The second kappa shape index (κ2) is 3.46. The molecule has 1 saturated heterocycles. The van der Waals surface area contributed by atoms with Crippen molar-refractivity contribution in [2.24, 2.45) is 5.92 Å². The number of likely N-dealkylation sites (tertiary alicyclic amines) is 1. The Balaban J connectivity index is 2.18. The summed E-state index contributed by atoms with van der Waals surface area (Å²) in [6.07, 6.45) is 5.09. The standard InChI is InChI=1S/C11H16N2/c1-9-6-11(13(2)8-9)10-4-3-5-12-7-10/h3-5,7,9,11H,6,8H2,1-2H3/t9-,11-/m0/s1. The van der Waals surface area contributed by atoms with E-state index in [9.17, 15) is 0 Å². The summed E-state index contributed by atoms with van der Waals surface area (Å²) in [5.74, 6) is 0.815. The Hall–Kier alpha value is -0.890. The maximum atomic E-state index is 4.16. The van der Waals surface area contributed by atoms with Gasteiger partial charge in [-0.15, -0.1) is 0 Å². The van der Waals surface area contributed by atoms with Crippen molar-refractivity contribution in [2.75, 3.05) is 13.6 Å². The molecule has 0 saturated carbocycles. The number of nitrogens with zero attached hydrogens (tertiary/aromatic N) is 2. The monoisotopic (exact) mass is 176 g/mol. The van der Waals surface area contributed by atoms with Gasteiger partial charge in [-0.2, -0.15) is 0 Å². The minimum Gasteiger partial charge on any atom is -0.299 e. The van der Waals surface area contributed by atoms with Crippen LogP contribution in [-0.2, 0) is 0 Å². The van der Waals surface area contributed by atoms with Gasteiger partial charge >= 0.3 is 0 Å². The van der Waals surface area contributed by atoms with Crippen LogP contribution in [0.2, 0.25) is 0 Å². The zero-order valence-electron chi connectivity index (χ0n) is 8.27. The average Bonchev–Trinajstić information content (AvgIpc) is 2.47. The fraction of sp³-hybridized carbons (Fsp3) is 0.545. The SMILES string of the molecule is C[C@H]1C[C@@H](c2cccnc2)N(C)C1. The molecular formula is C11H16N2. The largest absolute Gasteiger partial charge is 0.299 e. The molecule has 1 fully saturated rings. The van der Waals surface area contributed by atoms with Gasteiger partial charge in [-0.1, -0.05) is 13.0 Å². The molecule has 1 aromatic rings. The lowest BCUT2D eigenvalue weighted by Gasteiger charge is -2.18. The second-order valence-corrected chi connectivity index (χ2v) is 4.08. The van der Waals surface area contributed by atoms with E-state index < -0.39 is 0 Å². The van der Waals surface area contributed by atoms with Crippen LogP contribution in [-0.4, -0.2) is 23.5 Å². The fourth-order valence-electron chi connectivity index (χ4n) is 2.22. The molecule has 0 unspecified atom stereocenters. The number of hydrogen-bond donors (Lipinski definition) is 0. The van der Waals surface area contributed by atoms with E-state index >= 15 is 0 Å². The van der Waals surface area contributed by atoms with Crippen molar-refractivity contribution in [3.63, 3.8) is 0 Å². The van der Waals surface area contributed by atoms with Gasteiger partial charge in [0.1, 0.15) is 0 Å². The Morgan fingerprint density at radius 1 is 1.54 bits per heavy atom. The fourth-order valence-corrected chi connectivity index (χ4v) is 2.22. The number of pyridine rings is 1. The maximum Gasteiger partial charge on any atom is 0.0363 e. The van der Waals surface area contributed by atoms with Crippen LogP contribution in [0.5, 0.6) is 0 Å². The highest BCUT2D eigenvalue weighted by atomic mass is 15.2. The summed E-state index contributed by atoms with van der Waals surface area (Å²) in [5.41, 5.74) is 1.36. The Labute approximate surface area is 79.6 Å². The van der Waals surface area contributed by atoms with E-state index in [-0.39, 0.29) is 0 Å². The van der Waals surface area contributed by atoms with E-state index in [2.05, 4.69) is 29.9 Å². The van der Waals surface area contributed by atoms with E-state index in [4.69, 9.17) is 0 Å². The van der Waals surface area contributed by atoms with E-state index in [0.29, 0.717) is 6.04 Å². The molecule has 0 bridgehead atoms. The van der Waals surface area contributed by atoms with Gasteiger partial charge in [-0.05, 0) is 31.0 Å². The first kappa shape index (κ1) is 8.70. The summed E-state index contributed by atoms with van der Waals surface area (Å²) in [7, 11) is 2.20. The predicted molar refractivity (Wildman–Crippen MR) is 53.4 cm³/mol. The second-order valence-electron chi connectivity index (χ2n) is 4.08. The smallest absolute Gasteiger partial charge is 0.0363 e. The summed E-state index contributed by atoms with van der Waals surface area (Å²) in [6, 6.07) is 4.78. The molecule has 13 heavy (non-hydrogen) atoms. The number of aromatic nitrogens is 1. The van der Waals surface area contributed by atoms with Crippen molar-refractivity contribution in [3.05, 3.63) is 30.1 Å². The lowest BCUT2D eigenvalue weighted by Crippen LogP contribution is -2.18. The van der Waals surface area contributed by atoms with E-state index in [1.807, 2.05) is 18.5 Å². The van der Waals surface area contributed by atoms with E-state index in [1.165, 1.54) is 18.5 Å². The lowest BCUT2D eigenvalue weighted by molar-refractivity contribution is 0.314. The molecule has 0 N–H and O–H groups in total. The highest BCUT2D eigenvalue weighted by Crippen LogP contribution is 2.32. The van der Waals surface area contributed by atoms with Gasteiger partial charge in [0, 0.05) is 25.0 Å². The van der Waals surface area contributed by atoms with Crippen molar-refractivity contribution in [1.29, 1.82) is 0 Å². The van der Waals surface area contributed by atoms with Crippen molar-refractivity contribution in [3.8, 4) is 0 Å². The molecule has 0 amide bonds. The van der Waals surface area contributed by atoms with Crippen LogP contribution >= 0.6 is 0 Å². The molecule has 0 aliphatic carbocycles. The molecule has 0 aromatic carbocycles. The van der Waals surface area contributed by atoms with E-state index in [0.717, 1.165) is 5.92 Å². The van der Waals surface area contributed by atoms with Crippen molar-refractivity contribution >= 4 is 0 Å². The highest BCUT2D eigenvalue weighted by molar-refractivity contribution is 5.15. The molecule has 1 aliphatic heterocycles. The molecule has 1 aromatic heterocycles. The maximum absolute atomic E-state index is 4.16. The van der Waals surface area contributed by atoms with Crippen LogP contribution in [0.25, 0.3) is 0 Å². The van der Waals surface area contributed by atoms with Crippen molar-refractivity contribution in [1.82, 2.24) is 9.88 Å². The van der Waals surface area contributed by atoms with Gasteiger partial charge in [0.05, 0.1) is 0 Å². The summed E-state index contributed by atoms with van der Waals surface area (Å²) in [6.45, 7) is 3.52. The minimum absolute atomic E-state index is 0.587. The summed E-state index contributed by atoms with van der Waals surface area (Å²) in [4.78, 5) is 6.58. The van der Waals surface area contributed by atoms with Gasteiger partial charge in [0.15, 0.2) is 0 Å². The molecule has 0 spiro atoms. The third-order valence-corrected chi connectivity index (χ3v) is 2.83. The van der Waals surface area contributed by atoms with Gasteiger partial charge in [0.2, 0.25) is 0 Å². The molecule has 2 rings (SSSR count). The molecule has 2 heterocycles. The van der Waals surface area contributed by atoms with Crippen molar-refractivity contribution < 1.29 is 0 Å². The Kier molecular flexibility index (Phi) is 2.32. The predicted octanol–water partition coefficient (Wildman–Crippen LogP) is 2.09. The highest BCUT2D eigenvalue weighted by Gasteiger charge is 2.27. The molecule has 1 aliphatic rings. The van der Waals surface area contributed by atoms with Crippen LogP contribution in [0.1, 0.15) is 24.9 Å². The molecule has 2 nitrogen and oxygen atoms in total. The first-order valence-electron chi connectivity index (χ1n) is 4.87. The molecular weight excluding hydrogens is 160 g/mol. The Morgan fingerprint density at radius 3 is 2.92 bits per heavy atom. The lowest BCUT2D eigenvalue weighted by atomic mass is 10.0. The average molecular weight is 176 g/mol. The first-order chi connectivity index (χ1) is 6.27. The van der Waals surface area contributed by atoms with Crippen LogP contribution in [0.4, 0.5) is 0 Å². The zero-order valence-corrected chi connectivity index (χ0v) is 8.27.